The molecule has 15 heavy (non-hydrogen) atoms. The zero-order chi connectivity index (χ0) is 11.3. The van der Waals surface area contributed by atoms with Crippen LogP contribution in [0.2, 0.25) is 5.02 Å². The molecule has 0 aromatic carbocycles. The molecule has 0 spiro atoms. The number of aliphatic hydroxyl groups excluding tert-OH is 1. The molecule has 0 saturated carbocycles. The molecular weight excluding hydrogens is 296 g/mol. The fourth-order valence-corrected chi connectivity index (χ4v) is 3.20. The van der Waals surface area contributed by atoms with E-state index in [1.165, 1.54) is 30.6 Å². The highest BCUT2D eigenvalue weighted by Gasteiger charge is 2.12. The lowest BCUT2D eigenvalue weighted by Gasteiger charge is -2.07. The zero-order valence-electron chi connectivity index (χ0n) is 8.80. The van der Waals surface area contributed by atoms with Crippen molar-refractivity contribution in [3.05, 3.63) is 19.8 Å². The second-order valence-electron chi connectivity index (χ2n) is 3.64. The van der Waals surface area contributed by atoms with E-state index in [4.69, 9.17) is 11.6 Å². The monoisotopic (exact) mass is 310 g/mol. The fourth-order valence-electron chi connectivity index (χ4n) is 1.43. The van der Waals surface area contributed by atoms with Crippen LogP contribution >= 0.6 is 38.9 Å². The first kappa shape index (κ1) is 13.5. The van der Waals surface area contributed by atoms with Crippen LogP contribution in [-0.2, 0) is 0 Å². The van der Waals surface area contributed by atoms with Crippen molar-refractivity contribution in [3.63, 3.8) is 0 Å². The molecule has 1 nitrogen and oxygen atoms in total. The van der Waals surface area contributed by atoms with Crippen LogP contribution in [0.5, 0.6) is 0 Å². The van der Waals surface area contributed by atoms with Gasteiger partial charge in [-0.05, 0) is 28.4 Å². The Bertz CT molecular complexity index is 281. The van der Waals surface area contributed by atoms with Crippen LogP contribution in [0.15, 0.2) is 9.85 Å². The number of hydrogen-bond acceptors (Lipinski definition) is 2. The predicted molar refractivity (Wildman–Crippen MR) is 70.7 cm³/mol. The summed E-state index contributed by atoms with van der Waals surface area (Å²) < 4.78 is 0.909. The molecule has 1 rings (SSSR count). The molecule has 1 N–H and O–H groups in total. The standard InChI is InChI=1S/C11H16BrClOS/c1-2-3-4-5-6-9(14)10-7-8(13)11(12)15-10/h7,9,14H,2-6H2,1H3. The molecule has 0 bridgehead atoms. The van der Waals surface area contributed by atoms with Crippen molar-refractivity contribution in [2.75, 3.05) is 0 Å². The molecule has 0 aliphatic carbocycles. The van der Waals surface area contributed by atoms with Gasteiger partial charge in [0.25, 0.3) is 0 Å². The first-order chi connectivity index (χ1) is 7.15. The minimum atomic E-state index is -0.351. The smallest absolute Gasteiger partial charge is 0.0888 e. The molecule has 1 unspecified atom stereocenters. The predicted octanol–water partition coefficient (Wildman–Crippen LogP) is 5.17. The molecule has 1 atom stereocenters. The summed E-state index contributed by atoms with van der Waals surface area (Å²) in [6, 6.07) is 1.85. The average molecular weight is 312 g/mol. The van der Waals surface area contributed by atoms with E-state index >= 15 is 0 Å². The van der Waals surface area contributed by atoms with E-state index < -0.39 is 0 Å². The van der Waals surface area contributed by atoms with E-state index in [0.717, 1.165) is 21.5 Å². The van der Waals surface area contributed by atoms with Crippen LogP contribution in [-0.4, -0.2) is 5.11 Å². The highest BCUT2D eigenvalue weighted by Crippen LogP contribution is 2.36. The van der Waals surface area contributed by atoms with Crippen molar-refractivity contribution in [3.8, 4) is 0 Å². The summed E-state index contributed by atoms with van der Waals surface area (Å²) in [7, 11) is 0. The number of hydrogen-bond donors (Lipinski definition) is 1. The molecule has 0 fully saturated rings. The SMILES string of the molecule is CCCCCCC(O)c1cc(Cl)c(Br)s1. The Morgan fingerprint density at radius 1 is 1.47 bits per heavy atom. The summed E-state index contributed by atoms with van der Waals surface area (Å²) >= 11 is 10.8. The van der Waals surface area contributed by atoms with Crippen LogP contribution in [0.3, 0.4) is 0 Å². The van der Waals surface area contributed by atoms with E-state index in [1.54, 1.807) is 0 Å². The van der Waals surface area contributed by atoms with Crippen LogP contribution in [0, 0.1) is 0 Å². The van der Waals surface area contributed by atoms with Crippen molar-refractivity contribution in [2.45, 2.75) is 45.1 Å². The third-order valence-electron chi connectivity index (χ3n) is 2.32. The number of rotatable bonds is 6. The number of unbranched alkanes of at least 4 members (excludes halogenated alkanes) is 3. The maximum Gasteiger partial charge on any atom is 0.0888 e. The Kier molecular flexibility index (Phi) is 6.20. The second kappa shape index (κ2) is 6.89. The maximum atomic E-state index is 9.89. The summed E-state index contributed by atoms with van der Waals surface area (Å²) in [5.41, 5.74) is 0. The van der Waals surface area contributed by atoms with E-state index in [2.05, 4.69) is 22.9 Å². The summed E-state index contributed by atoms with van der Waals surface area (Å²) in [5.74, 6) is 0. The van der Waals surface area contributed by atoms with Crippen LogP contribution in [0.4, 0.5) is 0 Å². The minimum Gasteiger partial charge on any atom is -0.388 e. The summed E-state index contributed by atoms with van der Waals surface area (Å²) in [4.78, 5) is 0.961. The molecule has 0 aliphatic rings. The van der Waals surface area contributed by atoms with Gasteiger partial charge in [-0.2, -0.15) is 0 Å². The van der Waals surface area contributed by atoms with Crippen molar-refractivity contribution < 1.29 is 5.11 Å². The zero-order valence-corrected chi connectivity index (χ0v) is 12.0. The summed E-state index contributed by atoms with van der Waals surface area (Å²) in [5, 5.41) is 10.6. The largest absolute Gasteiger partial charge is 0.388 e. The average Bonchev–Trinajstić information content (AvgIpc) is 2.54. The molecule has 1 aromatic rings. The van der Waals surface area contributed by atoms with Crippen LogP contribution in [0.25, 0.3) is 0 Å². The van der Waals surface area contributed by atoms with Crippen molar-refractivity contribution in [1.29, 1.82) is 0 Å². The third kappa shape index (κ3) is 4.43. The van der Waals surface area contributed by atoms with E-state index in [-0.39, 0.29) is 6.10 Å². The maximum absolute atomic E-state index is 9.89. The van der Waals surface area contributed by atoms with Gasteiger partial charge in [0.05, 0.1) is 14.9 Å². The first-order valence-corrected chi connectivity index (χ1v) is 7.26. The number of aliphatic hydroxyl groups is 1. The second-order valence-corrected chi connectivity index (χ2v) is 6.44. The van der Waals surface area contributed by atoms with Gasteiger partial charge in [0.15, 0.2) is 0 Å². The quantitative estimate of drug-likeness (QED) is 0.719. The van der Waals surface area contributed by atoms with Gasteiger partial charge < -0.3 is 5.11 Å². The van der Waals surface area contributed by atoms with E-state index in [9.17, 15) is 5.11 Å². The van der Waals surface area contributed by atoms with Crippen molar-refractivity contribution in [2.24, 2.45) is 0 Å². The lowest BCUT2D eigenvalue weighted by molar-refractivity contribution is 0.167. The van der Waals surface area contributed by atoms with Gasteiger partial charge >= 0.3 is 0 Å². The molecule has 1 aromatic heterocycles. The molecule has 0 aliphatic heterocycles. The van der Waals surface area contributed by atoms with Gasteiger partial charge in [0.1, 0.15) is 0 Å². The molecule has 86 valence electrons. The van der Waals surface area contributed by atoms with Gasteiger partial charge in [-0.3, -0.25) is 0 Å². The van der Waals surface area contributed by atoms with Gasteiger partial charge in [0, 0.05) is 4.88 Å². The molecule has 0 radical (unpaired) electrons. The first-order valence-electron chi connectivity index (χ1n) is 5.28. The third-order valence-corrected chi connectivity index (χ3v) is 4.90. The lowest BCUT2D eigenvalue weighted by Crippen LogP contribution is -1.93. The highest BCUT2D eigenvalue weighted by molar-refractivity contribution is 9.11. The number of thiophene rings is 1. The molecule has 0 saturated heterocycles. The Morgan fingerprint density at radius 2 is 2.20 bits per heavy atom. The highest BCUT2D eigenvalue weighted by atomic mass is 79.9. The van der Waals surface area contributed by atoms with Gasteiger partial charge in [-0.25, -0.2) is 0 Å². The Balaban J connectivity index is 2.36. The molecule has 1 heterocycles. The van der Waals surface area contributed by atoms with Crippen molar-refractivity contribution in [1.82, 2.24) is 0 Å². The van der Waals surface area contributed by atoms with E-state index in [0.29, 0.717) is 5.02 Å². The van der Waals surface area contributed by atoms with Crippen LogP contribution in [0.1, 0.15) is 50.0 Å². The van der Waals surface area contributed by atoms with Gasteiger partial charge in [0.2, 0.25) is 0 Å². The topological polar surface area (TPSA) is 20.2 Å². The van der Waals surface area contributed by atoms with Crippen LogP contribution < -0.4 is 0 Å². The van der Waals surface area contributed by atoms with E-state index in [1.807, 2.05) is 6.07 Å². The molecule has 0 amide bonds. The Morgan fingerprint density at radius 3 is 2.73 bits per heavy atom. The van der Waals surface area contributed by atoms with Crippen molar-refractivity contribution >= 4 is 38.9 Å². The summed E-state index contributed by atoms with van der Waals surface area (Å²) in [6.07, 6.45) is 5.25. The minimum absolute atomic E-state index is 0.351. The number of halogens is 2. The van der Waals surface area contributed by atoms with Gasteiger partial charge in [-0.15, -0.1) is 11.3 Å². The Labute approximate surface area is 109 Å². The fraction of sp³-hybridized carbons (Fsp3) is 0.636. The van der Waals surface area contributed by atoms with Gasteiger partial charge in [-0.1, -0.05) is 44.2 Å². The molecule has 4 heteroatoms. The Hall–Kier alpha value is 0.430. The summed E-state index contributed by atoms with van der Waals surface area (Å²) in [6.45, 7) is 2.19. The normalized spacial score (nSPS) is 13.1. The molecular formula is C11H16BrClOS. The lowest BCUT2D eigenvalue weighted by atomic mass is 10.1.